The van der Waals surface area contributed by atoms with Gasteiger partial charge in [-0.25, -0.2) is 15.0 Å². The molecule has 0 aliphatic heterocycles. The fourth-order valence-electron chi connectivity index (χ4n) is 2.91. The van der Waals surface area contributed by atoms with E-state index in [0.29, 0.717) is 11.4 Å². The van der Waals surface area contributed by atoms with Crippen LogP contribution < -0.4 is 16.2 Å². The van der Waals surface area contributed by atoms with Gasteiger partial charge < -0.3 is 5.32 Å². The van der Waals surface area contributed by atoms with Crippen molar-refractivity contribution in [2.24, 2.45) is 0 Å². The number of pyridine rings is 1. The molecule has 0 aliphatic carbocycles. The fraction of sp³-hybridized carbons (Fsp3) is 0. The second-order valence-electron chi connectivity index (χ2n) is 6.27. The lowest BCUT2D eigenvalue weighted by atomic mass is 10.0. The van der Waals surface area contributed by atoms with Gasteiger partial charge in [0.2, 0.25) is 11.6 Å². The molecular formula is C20H14BrN7O3. The predicted molar refractivity (Wildman–Crippen MR) is 119 cm³/mol. The number of hydrazine groups is 1. The van der Waals surface area contributed by atoms with E-state index in [0.717, 1.165) is 21.6 Å². The molecular weight excluding hydrogens is 466 g/mol. The number of nitrogens with zero attached hydrogens (tertiary/aromatic N) is 4. The summed E-state index contributed by atoms with van der Waals surface area (Å²) in [6, 6.07) is 16.1. The van der Waals surface area contributed by atoms with Gasteiger partial charge in [-0.05, 0) is 44.9 Å². The molecule has 0 radical (unpaired) electrons. The third-order valence-electron chi connectivity index (χ3n) is 4.31. The van der Waals surface area contributed by atoms with Crippen molar-refractivity contribution in [3.8, 4) is 0 Å². The molecule has 0 atom stereocenters. The summed E-state index contributed by atoms with van der Waals surface area (Å²) in [7, 11) is 0. The summed E-state index contributed by atoms with van der Waals surface area (Å²) in [5.41, 5.74) is 4.98. The van der Waals surface area contributed by atoms with Crippen LogP contribution in [-0.2, 0) is 0 Å². The minimum Gasteiger partial charge on any atom is -0.319 e. The summed E-state index contributed by atoms with van der Waals surface area (Å²) in [5, 5.41) is 16.1. The van der Waals surface area contributed by atoms with E-state index in [9.17, 15) is 14.9 Å². The zero-order valence-electron chi connectivity index (χ0n) is 15.7. The zero-order valence-corrected chi connectivity index (χ0v) is 17.3. The first-order valence-corrected chi connectivity index (χ1v) is 9.74. The van der Waals surface area contributed by atoms with Gasteiger partial charge in [0, 0.05) is 16.2 Å². The van der Waals surface area contributed by atoms with E-state index >= 15 is 0 Å². The van der Waals surface area contributed by atoms with Crippen LogP contribution in [0.2, 0.25) is 0 Å². The van der Waals surface area contributed by atoms with Crippen LogP contribution in [0.3, 0.4) is 0 Å². The van der Waals surface area contributed by atoms with Crippen LogP contribution in [-0.4, -0.2) is 25.8 Å². The smallest absolute Gasteiger partial charge is 0.319 e. The van der Waals surface area contributed by atoms with Crippen LogP contribution in [0.5, 0.6) is 0 Å². The Morgan fingerprint density at radius 3 is 2.52 bits per heavy atom. The third kappa shape index (κ3) is 4.41. The summed E-state index contributed by atoms with van der Waals surface area (Å²) in [6.45, 7) is 0. The molecule has 3 N–H and O–H groups in total. The summed E-state index contributed by atoms with van der Waals surface area (Å²) in [5.74, 6) is -0.352. The quantitative estimate of drug-likeness (QED) is 0.276. The monoisotopic (exact) mass is 479 g/mol. The lowest BCUT2D eigenvalue weighted by molar-refractivity contribution is -0.383. The molecule has 2 aromatic carbocycles. The van der Waals surface area contributed by atoms with E-state index in [1.807, 2.05) is 30.3 Å². The molecule has 4 aromatic rings. The maximum atomic E-state index is 12.7. The Morgan fingerprint density at radius 1 is 0.968 bits per heavy atom. The van der Waals surface area contributed by atoms with Crippen molar-refractivity contribution >= 4 is 55.8 Å². The highest BCUT2D eigenvalue weighted by atomic mass is 79.9. The van der Waals surface area contributed by atoms with Crippen LogP contribution in [0.4, 0.5) is 23.1 Å². The minimum absolute atomic E-state index is 0.0725. The Morgan fingerprint density at radius 2 is 1.74 bits per heavy atom. The van der Waals surface area contributed by atoms with Crippen LogP contribution >= 0.6 is 15.9 Å². The molecule has 10 nitrogen and oxygen atoms in total. The number of nitrogens with one attached hydrogen (secondary N) is 3. The third-order valence-corrected chi connectivity index (χ3v) is 4.78. The first kappa shape index (κ1) is 20.2. The molecule has 0 bridgehead atoms. The molecule has 0 fully saturated rings. The largest absolute Gasteiger partial charge is 0.355 e. The van der Waals surface area contributed by atoms with E-state index in [1.54, 1.807) is 30.5 Å². The first-order valence-electron chi connectivity index (χ1n) is 8.95. The van der Waals surface area contributed by atoms with Crippen molar-refractivity contribution in [2.75, 3.05) is 10.7 Å². The average Bonchev–Trinajstić information content (AvgIpc) is 2.78. The lowest BCUT2D eigenvalue weighted by Gasteiger charge is -2.11. The van der Waals surface area contributed by atoms with Gasteiger partial charge in [-0.1, -0.05) is 36.4 Å². The highest BCUT2D eigenvalue weighted by molar-refractivity contribution is 9.10. The highest BCUT2D eigenvalue weighted by Gasteiger charge is 2.24. The van der Waals surface area contributed by atoms with Gasteiger partial charge >= 0.3 is 5.69 Å². The number of carbonyl (C=O) groups is 1. The van der Waals surface area contributed by atoms with Gasteiger partial charge in [-0.2, -0.15) is 0 Å². The SMILES string of the molecule is O=C(NNc1ncnc(Nc2ccc(Br)cn2)c1[N+](=O)[O-])c1cccc2ccccc12. The molecule has 11 heteroatoms. The first-order chi connectivity index (χ1) is 15.0. The number of halogens is 1. The van der Waals surface area contributed by atoms with Crippen LogP contribution in [0.15, 0.2) is 71.6 Å². The fourth-order valence-corrected chi connectivity index (χ4v) is 3.15. The summed E-state index contributed by atoms with van der Waals surface area (Å²) in [4.78, 5) is 35.7. The number of hydrogen-bond acceptors (Lipinski definition) is 8. The highest BCUT2D eigenvalue weighted by Crippen LogP contribution is 2.30. The van der Waals surface area contributed by atoms with Gasteiger partial charge in [0.1, 0.15) is 12.1 Å². The number of nitro groups is 1. The predicted octanol–water partition coefficient (Wildman–Crippen LogP) is 4.20. The second-order valence-corrected chi connectivity index (χ2v) is 7.18. The number of carbonyl (C=O) groups excluding carboxylic acids is 1. The molecule has 0 spiro atoms. The molecule has 0 saturated heterocycles. The van der Waals surface area contributed by atoms with Crippen LogP contribution in [0, 0.1) is 10.1 Å². The molecule has 0 aliphatic rings. The Labute approximate surface area is 184 Å². The molecule has 2 aromatic heterocycles. The molecule has 2 heterocycles. The number of amides is 1. The standard InChI is InChI=1S/C20H14BrN7O3/c21-13-8-9-16(22-10-13)25-18-17(28(30)31)19(24-11-23-18)26-27-20(29)15-7-3-5-12-4-1-2-6-14(12)15/h1-11H,(H,27,29)(H2,22,23,24,25,26). The molecule has 0 saturated carbocycles. The number of benzene rings is 2. The van der Waals surface area contributed by atoms with Crippen molar-refractivity contribution in [3.05, 3.63) is 87.3 Å². The number of hydrogen-bond donors (Lipinski definition) is 3. The van der Waals surface area contributed by atoms with Gasteiger partial charge in [0.05, 0.1) is 4.92 Å². The molecule has 154 valence electrons. The van der Waals surface area contributed by atoms with Gasteiger partial charge in [-0.3, -0.25) is 25.8 Å². The Bertz CT molecular complexity index is 1280. The van der Waals surface area contributed by atoms with Crippen molar-refractivity contribution in [3.63, 3.8) is 0 Å². The van der Waals surface area contributed by atoms with E-state index in [4.69, 9.17) is 0 Å². The maximum Gasteiger partial charge on any atom is 0.355 e. The Kier molecular flexibility index (Phi) is 5.67. The maximum absolute atomic E-state index is 12.7. The topological polar surface area (TPSA) is 135 Å². The molecule has 0 unspecified atom stereocenters. The van der Waals surface area contributed by atoms with Crippen molar-refractivity contribution in [2.45, 2.75) is 0 Å². The van der Waals surface area contributed by atoms with Gasteiger partial charge in [0.15, 0.2) is 0 Å². The van der Waals surface area contributed by atoms with Crippen LogP contribution in [0.25, 0.3) is 10.8 Å². The minimum atomic E-state index is -0.645. The summed E-state index contributed by atoms with van der Waals surface area (Å²) < 4.78 is 0.758. The average molecular weight is 480 g/mol. The summed E-state index contributed by atoms with van der Waals surface area (Å²) >= 11 is 3.27. The Balaban J connectivity index is 1.58. The van der Waals surface area contributed by atoms with Crippen molar-refractivity contribution in [1.29, 1.82) is 0 Å². The van der Waals surface area contributed by atoms with Crippen LogP contribution in [0.1, 0.15) is 10.4 Å². The van der Waals surface area contributed by atoms with E-state index in [1.165, 1.54) is 0 Å². The van der Waals surface area contributed by atoms with Gasteiger partial charge in [-0.15, -0.1) is 0 Å². The lowest BCUT2D eigenvalue weighted by Crippen LogP contribution is -2.30. The molecule has 4 rings (SSSR count). The normalized spacial score (nSPS) is 10.5. The number of fused-ring (bicyclic) bond motifs is 1. The number of aromatic nitrogens is 3. The van der Waals surface area contributed by atoms with Crippen molar-refractivity contribution < 1.29 is 9.72 Å². The summed E-state index contributed by atoms with van der Waals surface area (Å²) in [6.07, 6.45) is 2.68. The zero-order chi connectivity index (χ0) is 21.8. The number of anilines is 3. The van der Waals surface area contributed by atoms with E-state index in [-0.39, 0.29) is 11.6 Å². The van der Waals surface area contributed by atoms with Gasteiger partial charge in [0.25, 0.3) is 5.91 Å². The number of rotatable bonds is 6. The Hall–Kier alpha value is -4.12. The second kappa shape index (κ2) is 8.71. The molecule has 1 amide bonds. The van der Waals surface area contributed by atoms with E-state index in [2.05, 4.69) is 47.1 Å². The van der Waals surface area contributed by atoms with E-state index < -0.39 is 16.5 Å². The molecule has 31 heavy (non-hydrogen) atoms. The van der Waals surface area contributed by atoms with Crippen molar-refractivity contribution in [1.82, 2.24) is 20.4 Å².